The van der Waals surface area contributed by atoms with Crippen LogP contribution in [0.25, 0.3) is 6.08 Å². The Kier molecular flexibility index (Phi) is 12.6. The topological polar surface area (TPSA) is 102 Å². The maximum atomic E-state index is 13.8. The van der Waals surface area contributed by atoms with Crippen LogP contribution in [-0.2, 0) is 36.7 Å². The minimum Gasteiger partial charge on any atom is -0.497 e. The highest BCUT2D eigenvalue weighted by Gasteiger charge is 2.43. The van der Waals surface area contributed by atoms with E-state index in [2.05, 4.69) is 0 Å². The van der Waals surface area contributed by atoms with E-state index in [0.29, 0.717) is 30.9 Å². The number of ether oxygens (including phenoxy) is 7. The van der Waals surface area contributed by atoms with Gasteiger partial charge in [0.1, 0.15) is 35.4 Å². The van der Waals surface area contributed by atoms with Crippen molar-refractivity contribution in [1.29, 1.82) is 0 Å². The molecule has 1 saturated heterocycles. The second kappa shape index (κ2) is 16.4. The molecule has 5 atom stereocenters. The normalized spacial score (nSPS) is 24.8. The van der Waals surface area contributed by atoms with Crippen LogP contribution in [0.15, 0.2) is 54.6 Å². The Morgan fingerprint density at radius 3 is 2.51 bits per heavy atom. The minimum absolute atomic E-state index is 0.00901. The first-order valence-corrected chi connectivity index (χ1v) is 15.7. The first-order valence-electron chi connectivity index (χ1n) is 15.7. The molecule has 1 fully saturated rings. The maximum absolute atomic E-state index is 13.8. The summed E-state index contributed by atoms with van der Waals surface area (Å²) in [6.45, 7) is 8.61. The Morgan fingerprint density at radius 1 is 1.00 bits per heavy atom. The fraction of sp³-hybridized carbons (Fsp3) is 0.528. The lowest BCUT2D eigenvalue weighted by Gasteiger charge is -2.23. The summed E-state index contributed by atoms with van der Waals surface area (Å²) in [6.07, 6.45) is 8.11. The third-order valence-electron chi connectivity index (χ3n) is 8.10. The number of hydrogen-bond donors (Lipinski definition) is 1. The Bertz CT molecular complexity index is 1300. The third-order valence-corrected chi connectivity index (χ3v) is 8.10. The average Bonchev–Trinajstić information content (AvgIpc) is 3.34. The smallest absolute Gasteiger partial charge is 0.342 e. The predicted octanol–water partition coefficient (Wildman–Crippen LogP) is 6.25. The molecule has 1 N–H and O–H groups in total. The van der Waals surface area contributed by atoms with Crippen molar-refractivity contribution in [2.45, 2.75) is 90.2 Å². The van der Waals surface area contributed by atoms with Crippen LogP contribution in [0.1, 0.15) is 74.0 Å². The van der Waals surface area contributed by atoms with Gasteiger partial charge in [-0.1, -0.05) is 49.4 Å². The van der Waals surface area contributed by atoms with Crippen LogP contribution in [0.4, 0.5) is 0 Å². The molecule has 9 heteroatoms. The van der Waals surface area contributed by atoms with Crippen molar-refractivity contribution in [3.05, 3.63) is 76.9 Å². The summed E-state index contributed by atoms with van der Waals surface area (Å²) in [7, 11) is 3.19. The second-order valence-corrected chi connectivity index (χ2v) is 12.0. The van der Waals surface area contributed by atoms with Crippen molar-refractivity contribution >= 4 is 12.0 Å². The Labute approximate surface area is 267 Å². The number of aryl methyl sites for hydroxylation is 1. The molecule has 0 spiro atoms. The zero-order valence-corrected chi connectivity index (χ0v) is 27.3. The summed E-state index contributed by atoms with van der Waals surface area (Å²) < 4.78 is 40.4. The van der Waals surface area contributed by atoms with Crippen LogP contribution >= 0.6 is 0 Å². The number of hydrogen-bond acceptors (Lipinski definition) is 9. The number of esters is 1. The van der Waals surface area contributed by atoms with Crippen LogP contribution in [0.5, 0.6) is 11.5 Å². The number of unbranched alkanes of at least 4 members (excludes halogenated alkanes) is 1. The van der Waals surface area contributed by atoms with Gasteiger partial charge in [-0.15, -0.1) is 0 Å². The van der Waals surface area contributed by atoms with Crippen LogP contribution in [-0.4, -0.2) is 68.9 Å². The molecule has 2 aliphatic heterocycles. The molecule has 45 heavy (non-hydrogen) atoms. The third kappa shape index (κ3) is 9.64. The van der Waals surface area contributed by atoms with Gasteiger partial charge in [0.25, 0.3) is 0 Å². The molecule has 246 valence electrons. The summed E-state index contributed by atoms with van der Waals surface area (Å²) >= 11 is 0. The molecule has 0 aromatic heterocycles. The van der Waals surface area contributed by atoms with Gasteiger partial charge in [0, 0.05) is 19.6 Å². The number of aliphatic hydroxyl groups is 1. The van der Waals surface area contributed by atoms with E-state index in [0.717, 1.165) is 41.7 Å². The van der Waals surface area contributed by atoms with Crippen molar-refractivity contribution in [1.82, 2.24) is 0 Å². The van der Waals surface area contributed by atoms with Crippen molar-refractivity contribution in [3.8, 4) is 11.5 Å². The van der Waals surface area contributed by atoms with Crippen molar-refractivity contribution in [3.63, 3.8) is 0 Å². The zero-order chi connectivity index (χ0) is 32.4. The molecule has 1 unspecified atom stereocenters. The highest BCUT2D eigenvalue weighted by atomic mass is 16.8. The van der Waals surface area contributed by atoms with E-state index >= 15 is 0 Å². The van der Waals surface area contributed by atoms with Gasteiger partial charge in [-0.3, -0.25) is 0 Å². The van der Waals surface area contributed by atoms with Gasteiger partial charge in [-0.25, -0.2) is 4.79 Å². The average molecular weight is 625 g/mol. The Balaban J connectivity index is 1.56. The number of fused-ring (bicyclic) bond motifs is 2. The number of carbonyl (C=O) groups is 1. The fourth-order valence-corrected chi connectivity index (χ4v) is 5.48. The number of cyclic esters (lactones) is 1. The van der Waals surface area contributed by atoms with Gasteiger partial charge in [-0.05, 0) is 81.3 Å². The van der Waals surface area contributed by atoms with E-state index in [1.807, 2.05) is 82.3 Å². The van der Waals surface area contributed by atoms with Gasteiger partial charge in [-0.2, -0.15) is 0 Å². The lowest BCUT2D eigenvalue weighted by molar-refractivity contribution is -0.152. The van der Waals surface area contributed by atoms with Gasteiger partial charge in [0.2, 0.25) is 0 Å². The SMILES string of the molecule is COCOc1ccc(CCCCOCc2ccc(OC)cc2)c2c1C(=O)O[C@@H](C)[C@H](C)C=CC(O)[C@H]1OC(C)(C)O[C@H]1CC=C2. The maximum Gasteiger partial charge on any atom is 0.342 e. The van der Waals surface area contributed by atoms with Gasteiger partial charge in [0.05, 0.1) is 19.8 Å². The molecule has 2 aromatic rings. The number of rotatable bonds is 11. The van der Waals surface area contributed by atoms with E-state index < -0.39 is 30.1 Å². The number of aliphatic hydroxyl groups excluding tert-OH is 1. The second-order valence-electron chi connectivity index (χ2n) is 12.0. The molecule has 0 aliphatic carbocycles. The lowest BCUT2D eigenvalue weighted by Crippen LogP contribution is -2.34. The molecular weight excluding hydrogens is 576 g/mol. The van der Waals surface area contributed by atoms with Crippen molar-refractivity contribution < 1.29 is 43.1 Å². The van der Waals surface area contributed by atoms with E-state index in [9.17, 15) is 9.90 Å². The molecule has 0 radical (unpaired) electrons. The molecule has 0 bridgehead atoms. The summed E-state index contributed by atoms with van der Waals surface area (Å²) in [5.41, 5.74) is 3.17. The largest absolute Gasteiger partial charge is 0.497 e. The van der Waals surface area contributed by atoms with Gasteiger partial charge in [0.15, 0.2) is 12.6 Å². The first kappa shape index (κ1) is 34.7. The molecule has 9 nitrogen and oxygen atoms in total. The van der Waals surface area contributed by atoms with Crippen molar-refractivity contribution in [2.24, 2.45) is 5.92 Å². The molecule has 4 rings (SSSR count). The fourth-order valence-electron chi connectivity index (χ4n) is 5.48. The molecule has 0 saturated carbocycles. The molecule has 2 heterocycles. The predicted molar refractivity (Wildman–Crippen MR) is 171 cm³/mol. The zero-order valence-electron chi connectivity index (χ0n) is 27.3. The van der Waals surface area contributed by atoms with Crippen LogP contribution in [0, 0.1) is 5.92 Å². The molecule has 2 aromatic carbocycles. The first-order chi connectivity index (χ1) is 21.6. The molecular formula is C36H48O9. The Hall–Kier alpha value is -3.21. The lowest BCUT2D eigenvalue weighted by atomic mass is 9.94. The summed E-state index contributed by atoms with van der Waals surface area (Å²) in [5.74, 6) is -0.256. The van der Waals surface area contributed by atoms with Crippen LogP contribution < -0.4 is 9.47 Å². The van der Waals surface area contributed by atoms with E-state index in [4.69, 9.17) is 33.2 Å². The molecule has 2 aliphatic rings. The van der Waals surface area contributed by atoms with Gasteiger partial charge >= 0.3 is 5.97 Å². The van der Waals surface area contributed by atoms with E-state index in [1.54, 1.807) is 13.2 Å². The summed E-state index contributed by atoms with van der Waals surface area (Å²) in [4.78, 5) is 13.8. The quantitative estimate of drug-likeness (QED) is 0.134. The highest BCUT2D eigenvalue weighted by molar-refractivity contribution is 5.97. The number of carbonyl (C=O) groups excluding carboxylic acids is 1. The summed E-state index contributed by atoms with van der Waals surface area (Å²) in [6, 6.07) is 11.6. The van der Waals surface area contributed by atoms with E-state index in [1.165, 1.54) is 7.11 Å². The van der Waals surface area contributed by atoms with Crippen molar-refractivity contribution in [2.75, 3.05) is 27.6 Å². The summed E-state index contributed by atoms with van der Waals surface area (Å²) in [5, 5.41) is 11.0. The monoisotopic (exact) mass is 624 g/mol. The van der Waals surface area contributed by atoms with Crippen LogP contribution in [0.3, 0.4) is 0 Å². The standard InChI is InChI=1S/C36H48O9/c1-24-13-19-30(37)34-32(44-36(3,4)45-34)12-9-11-29-27(10-7-8-21-41-22-26-14-17-28(40-6)18-15-26)16-20-31(42-23-39-5)33(29)35(38)43-25(24)2/h9,11,13-20,24-25,30,32,34,37H,7-8,10,12,21-23H2,1-6H3/t24-,25+,30?,32+,34-/m1/s1. The Morgan fingerprint density at radius 2 is 1.78 bits per heavy atom. The number of benzene rings is 2. The van der Waals surface area contributed by atoms with Crippen LogP contribution in [0.2, 0.25) is 0 Å². The molecule has 0 amide bonds. The minimum atomic E-state index is -0.873. The van der Waals surface area contributed by atoms with E-state index in [-0.39, 0.29) is 18.8 Å². The number of methoxy groups -OCH3 is 2. The van der Waals surface area contributed by atoms with Gasteiger partial charge < -0.3 is 38.3 Å². The highest BCUT2D eigenvalue weighted by Crippen LogP contribution is 2.34.